The zero-order chi connectivity index (χ0) is 10.6. The molecule has 5 nitrogen and oxygen atoms in total. The topological polar surface area (TPSA) is 75.6 Å². The zero-order valence-electron chi connectivity index (χ0n) is 8.16. The van der Waals surface area contributed by atoms with Crippen LogP contribution in [0.1, 0.15) is 19.3 Å². The van der Waals surface area contributed by atoms with Crippen LogP contribution in [-0.2, 0) is 14.3 Å². The van der Waals surface area contributed by atoms with Gasteiger partial charge < -0.3 is 15.2 Å². The van der Waals surface area contributed by atoms with Crippen LogP contribution in [0.5, 0.6) is 0 Å². The van der Waals surface area contributed by atoms with Gasteiger partial charge in [-0.1, -0.05) is 0 Å². The normalized spacial score (nSPS) is 17.3. The maximum absolute atomic E-state index is 11.3. The molecule has 1 amide bonds. The van der Waals surface area contributed by atoms with Crippen molar-refractivity contribution in [3.8, 4) is 0 Å². The van der Waals surface area contributed by atoms with E-state index in [9.17, 15) is 9.59 Å². The van der Waals surface area contributed by atoms with E-state index in [4.69, 9.17) is 5.11 Å². The van der Waals surface area contributed by atoms with Crippen molar-refractivity contribution in [3.05, 3.63) is 0 Å². The fraction of sp³-hybridized carbons (Fsp3) is 0.778. The largest absolute Gasteiger partial charge is 0.467 e. The number of aliphatic hydroxyl groups is 1. The molecule has 0 aliphatic heterocycles. The van der Waals surface area contributed by atoms with Crippen molar-refractivity contribution in [1.82, 2.24) is 5.32 Å². The summed E-state index contributed by atoms with van der Waals surface area (Å²) >= 11 is 0. The van der Waals surface area contributed by atoms with Gasteiger partial charge in [-0.25, -0.2) is 4.79 Å². The molecule has 80 valence electrons. The maximum atomic E-state index is 11.3. The molecular weight excluding hydrogens is 186 g/mol. The number of aliphatic hydroxyl groups excluding tert-OH is 1. The molecule has 0 bridgehead atoms. The van der Waals surface area contributed by atoms with E-state index >= 15 is 0 Å². The lowest BCUT2D eigenvalue weighted by Gasteiger charge is -2.13. The minimum atomic E-state index is -0.925. The third kappa shape index (κ3) is 3.33. The highest BCUT2D eigenvalue weighted by atomic mass is 16.5. The lowest BCUT2D eigenvalue weighted by molar-refractivity contribution is -0.146. The lowest BCUT2D eigenvalue weighted by atomic mass is 10.2. The van der Waals surface area contributed by atoms with Crippen LogP contribution in [0.2, 0.25) is 0 Å². The molecule has 0 radical (unpaired) electrons. The average Bonchev–Trinajstić information content (AvgIpc) is 2.96. The number of carbonyl (C=O) groups is 2. The Bertz CT molecular complexity index is 225. The summed E-state index contributed by atoms with van der Waals surface area (Å²) in [4.78, 5) is 22.2. The van der Waals surface area contributed by atoms with E-state index in [0.29, 0.717) is 12.3 Å². The second kappa shape index (κ2) is 4.95. The van der Waals surface area contributed by atoms with Crippen molar-refractivity contribution in [2.75, 3.05) is 13.7 Å². The first-order valence-corrected chi connectivity index (χ1v) is 4.65. The summed E-state index contributed by atoms with van der Waals surface area (Å²) in [5.74, 6) is -0.347. The monoisotopic (exact) mass is 201 g/mol. The Morgan fingerprint density at radius 3 is 2.64 bits per heavy atom. The molecule has 1 aliphatic carbocycles. The minimum Gasteiger partial charge on any atom is -0.467 e. The van der Waals surface area contributed by atoms with Crippen LogP contribution >= 0.6 is 0 Å². The molecular formula is C9H15NO4. The number of methoxy groups -OCH3 is 1. The van der Waals surface area contributed by atoms with Crippen LogP contribution in [0.15, 0.2) is 0 Å². The molecule has 5 heteroatoms. The van der Waals surface area contributed by atoms with E-state index in [1.165, 1.54) is 7.11 Å². The van der Waals surface area contributed by atoms with E-state index in [1.807, 2.05) is 0 Å². The first-order chi connectivity index (χ1) is 6.67. The molecule has 1 atom stereocenters. The van der Waals surface area contributed by atoms with Gasteiger partial charge in [-0.2, -0.15) is 0 Å². The number of rotatable bonds is 5. The van der Waals surface area contributed by atoms with Gasteiger partial charge in [0.25, 0.3) is 0 Å². The number of hydrogen-bond acceptors (Lipinski definition) is 4. The van der Waals surface area contributed by atoms with Crippen molar-refractivity contribution in [2.45, 2.75) is 25.3 Å². The number of carbonyl (C=O) groups excluding carboxylic acids is 2. The third-order valence-corrected chi connectivity index (χ3v) is 2.17. The lowest BCUT2D eigenvalue weighted by Crippen LogP contribution is -2.44. The van der Waals surface area contributed by atoms with Crippen LogP contribution in [-0.4, -0.2) is 36.7 Å². The number of esters is 1. The fourth-order valence-corrected chi connectivity index (χ4v) is 1.16. The number of hydrogen-bond donors (Lipinski definition) is 2. The first kappa shape index (κ1) is 11.0. The number of nitrogens with one attached hydrogen (secondary N) is 1. The molecule has 14 heavy (non-hydrogen) atoms. The van der Waals surface area contributed by atoms with Crippen molar-refractivity contribution >= 4 is 11.9 Å². The van der Waals surface area contributed by atoms with Crippen molar-refractivity contribution in [3.63, 3.8) is 0 Å². The average molecular weight is 201 g/mol. The molecule has 0 aromatic carbocycles. The van der Waals surface area contributed by atoms with Crippen LogP contribution in [0, 0.1) is 5.92 Å². The van der Waals surface area contributed by atoms with Gasteiger partial charge in [0.1, 0.15) is 0 Å². The van der Waals surface area contributed by atoms with E-state index < -0.39 is 18.6 Å². The van der Waals surface area contributed by atoms with Crippen molar-refractivity contribution in [1.29, 1.82) is 0 Å². The minimum absolute atomic E-state index is 0.197. The quantitative estimate of drug-likeness (QED) is 0.584. The standard InChI is InChI=1S/C9H15NO4/c1-14-9(13)7(5-11)10-8(12)4-6-2-3-6/h6-7,11H,2-5H2,1H3,(H,10,12). The highest BCUT2D eigenvalue weighted by Crippen LogP contribution is 2.32. The fourth-order valence-electron chi connectivity index (χ4n) is 1.16. The Balaban J connectivity index is 2.30. The van der Waals surface area contributed by atoms with Gasteiger partial charge in [-0.05, 0) is 18.8 Å². The van der Waals surface area contributed by atoms with E-state index in [1.54, 1.807) is 0 Å². The molecule has 1 aliphatic rings. The van der Waals surface area contributed by atoms with Gasteiger partial charge in [0, 0.05) is 6.42 Å². The summed E-state index contributed by atoms with van der Waals surface area (Å²) in [6.45, 7) is -0.428. The Hall–Kier alpha value is -1.10. The van der Waals surface area contributed by atoms with Gasteiger partial charge in [0.15, 0.2) is 6.04 Å². The number of ether oxygens (including phenoxy) is 1. The van der Waals surface area contributed by atoms with Crippen LogP contribution in [0.3, 0.4) is 0 Å². The van der Waals surface area contributed by atoms with E-state index in [-0.39, 0.29) is 5.91 Å². The summed E-state index contributed by atoms with van der Waals surface area (Å²) < 4.78 is 4.41. The second-order valence-electron chi connectivity index (χ2n) is 3.47. The van der Waals surface area contributed by atoms with E-state index in [2.05, 4.69) is 10.1 Å². The molecule has 1 fully saturated rings. The molecule has 0 aromatic rings. The van der Waals surface area contributed by atoms with Crippen molar-refractivity contribution < 1.29 is 19.4 Å². The molecule has 0 heterocycles. The Kier molecular flexibility index (Phi) is 3.88. The molecule has 1 unspecified atom stereocenters. The summed E-state index contributed by atoms with van der Waals surface area (Å²) in [6.07, 6.45) is 2.60. The summed E-state index contributed by atoms with van der Waals surface area (Å²) in [6, 6.07) is -0.925. The summed E-state index contributed by atoms with van der Waals surface area (Å²) in [5, 5.41) is 11.2. The maximum Gasteiger partial charge on any atom is 0.330 e. The predicted molar refractivity (Wildman–Crippen MR) is 48.4 cm³/mol. The molecule has 2 N–H and O–H groups in total. The molecule has 0 saturated heterocycles. The van der Waals surface area contributed by atoms with Crippen LogP contribution in [0.4, 0.5) is 0 Å². The Labute approximate surface area is 82.4 Å². The summed E-state index contributed by atoms with van der Waals surface area (Å²) in [7, 11) is 1.22. The molecule has 1 saturated carbocycles. The molecule has 0 spiro atoms. The van der Waals surface area contributed by atoms with Gasteiger partial charge >= 0.3 is 5.97 Å². The Morgan fingerprint density at radius 2 is 2.21 bits per heavy atom. The highest BCUT2D eigenvalue weighted by molar-refractivity contribution is 5.84. The van der Waals surface area contributed by atoms with Crippen molar-refractivity contribution in [2.24, 2.45) is 5.92 Å². The molecule has 1 rings (SSSR count). The zero-order valence-corrected chi connectivity index (χ0v) is 8.16. The van der Waals surface area contributed by atoms with Gasteiger partial charge in [-0.3, -0.25) is 4.79 Å². The number of amides is 1. The summed E-state index contributed by atoms with van der Waals surface area (Å²) in [5.41, 5.74) is 0. The van der Waals surface area contributed by atoms with Crippen LogP contribution < -0.4 is 5.32 Å². The first-order valence-electron chi connectivity index (χ1n) is 4.65. The molecule has 0 aromatic heterocycles. The smallest absolute Gasteiger partial charge is 0.330 e. The van der Waals surface area contributed by atoms with Gasteiger partial charge in [-0.15, -0.1) is 0 Å². The third-order valence-electron chi connectivity index (χ3n) is 2.17. The van der Waals surface area contributed by atoms with Crippen LogP contribution in [0.25, 0.3) is 0 Å². The second-order valence-corrected chi connectivity index (χ2v) is 3.47. The highest BCUT2D eigenvalue weighted by Gasteiger charge is 2.27. The Morgan fingerprint density at radius 1 is 1.57 bits per heavy atom. The van der Waals surface area contributed by atoms with Gasteiger partial charge in [0.05, 0.1) is 13.7 Å². The predicted octanol–water partition coefficient (Wildman–Crippen LogP) is -0.563. The van der Waals surface area contributed by atoms with Gasteiger partial charge in [0.2, 0.25) is 5.91 Å². The van der Waals surface area contributed by atoms with E-state index in [0.717, 1.165) is 12.8 Å². The SMILES string of the molecule is COC(=O)C(CO)NC(=O)CC1CC1.